The van der Waals surface area contributed by atoms with Crippen LogP contribution in [-0.2, 0) is 4.79 Å². The van der Waals surface area contributed by atoms with Crippen LogP contribution >= 0.6 is 0 Å². The maximum atomic E-state index is 10.4. The first-order valence-electron chi connectivity index (χ1n) is 5.65. The Morgan fingerprint density at radius 2 is 2.06 bits per heavy atom. The molecule has 17 heavy (non-hydrogen) atoms. The van der Waals surface area contributed by atoms with E-state index in [1.165, 1.54) is 0 Å². The number of carboxylic acid groups (broad SMARTS) is 1. The zero-order chi connectivity index (χ0) is 12.8. The Morgan fingerprint density at radius 3 is 2.65 bits per heavy atom. The van der Waals surface area contributed by atoms with Crippen molar-refractivity contribution in [1.29, 1.82) is 0 Å². The molecule has 0 aliphatic rings. The summed E-state index contributed by atoms with van der Waals surface area (Å²) in [5, 5.41) is 19.5. The van der Waals surface area contributed by atoms with E-state index in [9.17, 15) is 4.79 Å². The van der Waals surface area contributed by atoms with Crippen LogP contribution in [-0.4, -0.2) is 32.3 Å². The van der Waals surface area contributed by atoms with Crippen LogP contribution in [0, 0.1) is 13.8 Å². The summed E-state index contributed by atoms with van der Waals surface area (Å²) in [4.78, 5) is 14.6. The zero-order valence-corrected chi connectivity index (χ0v) is 10.4. The van der Waals surface area contributed by atoms with Crippen molar-refractivity contribution in [2.75, 3.05) is 5.32 Å². The van der Waals surface area contributed by atoms with Gasteiger partial charge < -0.3 is 10.4 Å². The van der Waals surface area contributed by atoms with E-state index < -0.39 is 5.97 Å². The zero-order valence-electron chi connectivity index (χ0n) is 10.4. The Hall–Kier alpha value is -1.72. The van der Waals surface area contributed by atoms with Gasteiger partial charge in [-0.25, -0.2) is 4.98 Å². The number of rotatable bonds is 6. The van der Waals surface area contributed by atoms with Gasteiger partial charge in [-0.2, -0.15) is 5.10 Å². The van der Waals surface area contributed by atoms with Gasteiger partial charge in [-0.05, 0) is 33.6 Å². The summed E-state index contributed by atoms with van der Waals surface area (Å²) in [7, 11) is 0. The van der Waals surface area contributed by atoms with Crippen LogP contribution in [0.5, 0.6) is 0 Å². The SMILES string of the molecule is Cc1nnc(NC(C)CCCC(=O)O)nc1C. The average Bonchev–Trinajstić information content (AvgIpc) is 2.23. The molecule has 6 nitrogen and oxygen atoms in total. The number of nitrogens with one attached hydrogen (secondary N) is 1. The molecule has 0 aliphatic heterocycles. The molecular formula is C11H18N4O2. The molecule has 0 fully saturated rings. The third-order valence-electron chi connectivity index (χ3n) is 2.50. The third kappa shape index (κ3) is 4.76. The lowest BCUT2D eigenvalue weighted by atomic mass is 10.1. The van der Waals surface area contributed by atoms with Gasteiger partial charge in [0.05, 0.1) is 11.4 Å². The van der Waals surface area contributed by atoms with E-state index in [0.717, 1.165) is 17.8 Å². The number of nitrogens with zero attached hydrogens (tertiary/aromatic N) is 3. The molecule has 0 bridgehead atoms. The van der Waals surface area contributed by atoms with Crippen LogP contribution in [0.15, 0.2) is 0 Å². The van der Waals surface area contributed by atoms with Crippen LogP contribution in [0.2, 0.25) is 0 Å². The van der Waals surface area contributed by atoms with Crippen molar-refractivity contribution in [3.63, 3.8) is 0 Å². The molecule has 1 aromatic heterocycles. The second-order valence-electron chi connectivity index (χ2n) is 4.14. The molecule has 1 aromatic rings. The molecule has 94 valence electrons. The Labute approximate surface area is 100 Å². The van der Waals surface area contributed by atoms with Crippen molar-refractivity contribution < 1.29 is 9.90 Å². The largest absolute Gasteiger partial charge is 0.481 e. The molecule has 0 amide bonds. The minimum atomic E-state index is -0.763. The maximum absolute atomic E-state index is 10.4. The molecule has 0 saturated heterocycles. The lowest BCUT2D eigenvalue weighted by molar-refractivity contribution is -0.137. The number of aliphatic carboxylic acids is 1. The van der Waals surface area contributed by atoms with E-state index >= 15 is 0 Å². The van der Waals surface area contributed by atoms with Crippen LogP contribution in [0.1, 0.15) is 37.6 Å². The Kier molecular flexibility index (Phi) is 4.81. The fraction of sp³-hybridized carbons (Fsp3) is 0.636. The number of anilines is 1. The van der Waals surface area contributed by atoms with E-state index in [4.69, 9.17) is 5.11 Å². The minimum Gasteiger partial charge on any atom is -0.481 e. The van der Waals surface area contributed by atoms with Crippen molar-refractivity contribution in [3.8, 4) is 0 Å². The number of aromatic nitrogens is 3. The first-order valence-corrected chi connectivity index (χ1v) is 5.65. The van der Waals surface area contributed by atoms with E-state index in [1.54, 1.807) is 0 Å². The lowest BCUT2D eigenvalue weighted by Gasteiger charge is -2.13. The van der Waals surface area contributed by atoms with Gasteiger partial charge in [0, 0.05) is 12.5 Å². The number of carbonyl (C=O) groups is 1. The fourth-order valence-electron chi connectivity index (χ4n) is 1.37. The second-order valence-corrected chi connectivity index (χ2v) is 4.14. The standard InChI is InChI=1S/C11H18N4O2/c1-7(5-4-6-10(16)17)12-11-13-8(2)9(3)14-15-11/h7H,4-6H2,1-3H3,(H,16,17)(H,12,13,15). The minimum absolute atomic E-state index is 0.137. The van der Waals surface area contributed by atoms with Crippen molar-refractivity contribution in [1.82, 2.24) is 15.2 Å². The van der Waals surface area contributed by atoms with Gasteiger partial charge in [0.1, 0.15) is 0 Å². The molecule has 2 N–H and O–H groups in total. The highest BCUT2D eigenvalue weighted by Gasteiger charge is 2.07. The monoisotopic (exact) mass is 238 g/mol. The Morgan fingerprint density at radius 1 is 1.35 bits per heavy atom. The lowest BCUT2D eigenvalue weighted by Crippen LogP contribution is -2.18. The first kappa shape index (κ1) is 13.3. The highest BCUT2D eigenvalue weighted by Crippen LogP contribution is 2.07. The molecule has 1 unspecified atom stereocenters. The van der Waals surface area contributed by atoms with E-state index in [2.05, 4.69) is 20.5 Å². The molecule has 1 atom stereocenters. The summed E-state index contributed by atoms with van der Waals surface area (Å²) >= 11 is 0. The van der Waals surface area contributed by atoms with Crippen LogP contribution in [0.4, 0.5) is 5.95 Å². The predicted molar refractivity (Wildman–Crippen MR) is 63.9 cm³/mol. The van der Waals surface area contributed by atoms with Gasteiger partial charge >= 0.3 is 5.97 Å². The van der Waals surface area contributed by atoms with Crippen LogP contribution < -0.4 is 5.32 Å². The smallest absolute Gasteiger partial charge is 0.303 e. The number of hydrogen-bond donors (Lipinski definition) is 2. The molecule has 6 heteroatoms. The summed E-state index contributed by atoms with van der Waals surface area (Å²) in [5.74, 6) is -0.266. The van der Waals surface area contributed by atoms with E-state index in [1.807, 2.05) is 20.8 Å². The van der Waals surface area contributed by atoms with Gasteiger partial charge in [0.15, 0.2) is 0 Å². The Bertz CT molecular complexity index is 395. The topological polar surface area (TPSA) is 88.0 Å². The normalized spacial score (nSPS) is 12.2. The molecule has 0 aromatic carbocycles. The number of carboxylic acids is 1. The highest BCUT2D eigenvalue weighted by atomic mass is 16.4. The fourth-order valence-corrected chi connectivity index (χ4v) is 1.37. The molecule has 0 spiro atoms. The molecular weight excluding hydrogens is 220 g/mol. The number of hydrogen-bond acceptors (Lipinski definition) is 5. The van der Waals surface area contributed by atoms with Gasteiger partial charge in [-0.3, -0.25) is 4.79 Å². The second kappa shape index (κ2) is 6.12. The molecule has 0 aliphatic carbocycles. The molecule has 1 rings (SSSR count). The highest BCUT2D eigenvalue weighted by molar-refractivity contribution is 5.66. The molecule has 0 radical (unpaired) electrons. The van der Waals surface area contributed by atoms with Crippen molar-refractivity contribution in [3.05, 3.63) is 11.4 Å². The van der Waals surface area contributed by atoms with Crippen molar-refractivity contribution in [2.45, 2.75) is 46.1 Å². The quantitative estimate of drug-likeness (QED) is 0.781. The van der Waals surface area contributed by atoms with Gasteiger partial charge in [-0.15, -0.1) is 5.10 Å². The summed E-state index contributed by atoms with van der Waals surface area (Å²) in [6.07, 6.45) is 1.60. The number of aryl methyl sites for hydroxylation is 2. The van der Waals surface area contributed by atoms with E-state index in [0.29, 0.717) is 12.4 Å². The Balaban J connectivity index is 2.42. The average molecular weight is 238 g/mol. The maximum Gasteiger partial charge on any atom is 0.303 e. The summed E-state index contributed by atoms with van der Waals surface area (Å²) in [6.45, 7) is 5.71. The molecule has 0 saturated carbocycles. The van der Waals surface area contributed by atoms with Gasteiger partial charge in [0.25, 0.3) is 0 Å². The molecule has 1 heterocycles. The first-order chi connectivity index (χ1) is 7.99. The van der Waals surface area contributed by atoms with E-state index in [-0.39, 0.29) is 12.5 Å². The summed E-state index contributed by atoms with van der Waals surface area (Å²) in [5.41, 5.74) is 1.66. The van der Waals surface area contributed by atoms with Crippen molar-refractivity contribution >= 4 is 11.9 Å². The van der Waals surface area contributed by atoms with Crippen molar-refractivity contribution in [2.24, 2.45) is 0 Å². The van der Waals surface area contributed by atoms with Gasteiger partial charge in [0.2, 0.25) is 5.95 Å². The van der Waals surface area contributed by atoms with Crippen LogP contribution in [0.3, 0.4) is 0 Å². The van der Waals surface area contributed by atoms with Gasteiger partial charge in [-0.1, -0.05) is 0 Å². The van der Waals surface area contributed by atoms with Crippen LogP contribution in [0.25, 0.3) is 0 Å². The third-order valence-corrected chi connectivity index (χ3v) is 2.50. The summed E-state index contributed by atoms with van der Waals surface area (Å²) < 4.78 is 0. The summed E-state index contributed by atoms with van der Waals surface area (Å²) in [6, 6.07) is 0.137. The predicted octanol–water partition coefficient (Wildman–Crippen LogP) is 1.54.